The molecule has 1 unspecified atom stereocenters. The quantitative estimate of drug-likeness (QED) is 0.137. The van der Waals surface area contributed by atoms with E-state index >= 15 is 0 Å². The smallest absolute Gasteiger partial charge is 0.404 e. The van der Waals surface area contributed by atoms with Crippen LogP contribution in [0.3, 0.4) is 0 Å². The molecule has 0 aliphatic heterocycles. The summed E-state index contributed by atoms with van der Waals surface area (Å²) in [5.41, 5.74) is 7.36. The molecule has 0 radical (unpaired) electrons. The Hall–Kier alpha value is -5.61. The summed E-state index contributed by atoms with van der Waals surface area (Å²) >= 11 is 0. The first-order chi connectivity index (χ1) is 23.7. The van der Waals surface area contributed by atoms with Gasteiger partial charge in [0, 0.05) is 26.9 Å². The van der Waals surface area contributed by atoms with E-state index in [0.717, 1.165) is 76.6 Å². The molecular weight excluding hydrogens is 666 g/mol. The van der Waals surface area contributed by atoms with Crippen LogP contribution >= 0.6 is 7.53 Å². The van der Waals surface area contributed by atoms with Crippen molar-refractivity contribution in [3.63, 3.8) is 0 Å². The van der Waals surface area contributed by atoms with Gasteiger partial charge in [-0.05, 0) is 54.7 Å². The van der Waals surface area contributed by atoms with Crippen LogP contribution in [0.15, 0.2) is 133 Å². The third-order valence-corrected chi connectivity index (χ3v) is 11.9. The van der Waals surface area contributed by atoms with Crippen molar-refractivity contribution >= 4 is 83.8 Å². The molecule has 1 atom stereocenters. The van der Waals surface area contributed by atoms with Crippen LogP contribution in [0.4, 0.5) is 0 Å². The molecule has 0 spiro atoms. The Morgan fingerprint density at radius 2 is 1.31 bits per heavy atom. The Morgan fingerprint density at radius 3 is 2.14 bits per heavy atom. The van der Waals surface area contributed by atoms with E-state index in [4.69, 9.17) is 9.97 Å². The molecule has 0 bridgehead atoms. The van der Waals surface area contributed by atoms with Crippen LogP contribution in [0.25, 0.3) is 87.6 Å². The van der Waals surface area contributed by atoms with Crippen LogP contribution in [0.2, 0.25) is 0 Å². The number of para-hydroxylation sites is 4. The van der Waals surface area contributed by atoms with Gasteiger partial charge < -0.3 is 9.24 Å². The average molecular weight is 691 g/mol. The Bertz CT molecular complexity index is 3100. The molecule has 0 amide bonds. The number of aromatic nitrogens is 6. The molecule has 11 rings (SSSR count). The largest absolute Gasteiger partial charge is 2.00 e. The maximum Gasteiger partial charge on any atom is 2.00 e. The zero-order valence-electron chi connectivity index (χ0n) is 26.1. The Kier molecular flexibility index (Phi) is 6.06. The van der Waals surface area contributed by atoms with E-state index in [9.17, 15) is 0 Å². The van der Waals surface area contributed by atoms with Crippen molar-refractivity contribution in [3.8, 4) is 11.3 Å². The van der Waals surface area contributed by atoms with E-state index in [1.807, 2.05) is 6.07 Å². The number of hydrogen-bond donors (Lipinski definition) is 0. The van der Waals surface area contributed by atoms with Gasteiger partial charge in [-0.3, -0.25) is 9.24 Å². The average Bonchev–Trinajstić information content (AvgIpc) is 3.94. The standard InChI is InChI=1S/C41H25N6P.Ni/c1-44-33-14-6-3-11-28(33)24-38(44)48-23-21-27-18-19-37(42-41(27)48)46-35-16-8-4-12-29(35)31-25-32-30-13-5-9-17-36(30)47(40(32)43-39(31)46)45-22-20-26-10-2-7-15-34(26)45;/h2-21,23,25H,1H3;/q-2;+2. The second-order valence-corrected chi connectivity index (χ2v) is 14.2. The molecule has 4 aromatic carbocycles. The summed E-state index contributed by atoms with van der Waals surface area (Å²) in [6.07, 6.45) is 3.49. The summed E-state index contributed by atoms with van der Waals surface area (Å²) in [5.74, 6) is 3.17. The minimum Gasteiger partial charge on any atom is -0.404 e. The molecule has 0 aliphatic carbocycles. The minimum absolute atomic E-state index is 0. The monoisotopic (exact) mass is 690 g/mol. The molecular formula is C41H25N6NiP. The summed E-state index contributed by atoms with van der Waals surface area (Å²) < 4.78 is 8.80. The van der Waals surface area contributed by atoms with Gasteiger partial charge in [-0.1, -0.05) is 85.4 Å². The third-order valence-electron chi connectivity index (χ3n) is 9.77. The van der Waals surface area contributed by atoms with Gasteiger partial charge in [-0.15, -0.1) is 24.3 Å². The van der Waals surface area contributed by atoms with Crippen LogP contribution in [0.5, 0.6) is 0 Å². The molecule has 0 saturated carbocycles. The van der Waals surface area contributed by atoms with Gasteiger partial charge >= 0.3 is 16.5 Å². The van der Waals surface area contributed by atoms with Crippen LogP contribution < -0.4 is 0 Å². The zero-order valence-corrected chi connectivity index (χ0v) is 28.0. The van der Waals surface area contributed by atoms with Crippen LogP contribution in [-0.2, 0) is 23.5 Å². The second-order valence-electron chi connectivity index (χ2n) is 12.3. The SMILES string of the molecule is Cn1c(-p2ccc3ccc(-n4c5ccccc5c5cc6c7ccccc7n(-n7[c-]cc8ccccc87)c6nc54)nc32)[c-]c2ccccc21.[Ni+2]. The Morgan fingerprint density at radius 1 is 0.612 bits per heavy atom. The summed E-state index contributed by atoms with van der Waals surface area (Å²) in [6.45, 7) is 0. The normalized spacial score (nSPS) is 12.4. The molecule has 0 saturated heterocycles. The van der Waals surface area contributed by atoms with Gasteiger partial charge in [0.15, 0.2) is 5.65 Å². The molecule has 234 valence electrons. The summed E-state index contributed by atoms with van der Waals surface area (Å²) in [6, 6.07) is 48.6. The maximum atomic E-state index is 5.53. The first kappa shape index (κ1) is 28.4. The molecule has 0 fully saturated rings. The molecule has 7 heterocycles. The molecule has 6 nitrogen and oxygen atoms in total. The molecule has 11 aromatic rings. The van der Waals surface area contributed by atoms with E-state index in [1.165, 1.54) is 11.0 Å². The van der Waals surface area contributed by atoms with E-state index in [2.05, 4.69) is 165 Å². The number of benzene rings is 4. The van der Waals surface area contributed by atoms with Crippen molar-refractivity contribution in [1.29, 1.82) is 0 Å². The zero-order chi connectivity index (χ0) is 31.5. The first-order valence-electron chi connectivity index (χ1n) is 16.0. The van der Waals surface area contributed by atoms with Crippen LogP contribution in [-0.4, -0.2) is 28.5 Å². The fourth-order valence-electron chi connectivity index (χ4n) is 7.54. The van der Waals surface area contributed by atoms with Crippen molar-refractivity contribution in [2.24, 2.45) is 7.05 Å². The third kappa shape index (κ3) is 3.89. The molecule has 49 heavy (non-hydrogen) atoms. The van der Waals surface area contributed by atoms with E-state index < -0.39 is 7.53 Å². The number of hydrogen-bond acceptors (Lipinski definition) is 2. The molecule has 8 heteroatoms. The van der Waals surface area contributed by atoms with E-state index in [1.54, 1.807) is 0 Å². The summed E-state index contributed by atoms with van der Waals surface area (Å²) in [5, 5.41) is 9.04. The minimum atomic E-state index is -0.821. The maximum absolute atomic E-state index is 5.53. The topological polar surface area (TPSA) is 45.5 Å². The molecule has 0 N–H and O–H groups in total. The number of fused-ring (bicyclic) bond motifs is 9. The molecule has 0 aliphatic rings. The molecule has 7 aromatic heterocycles. The number of rotatable bonds is 3. The fourth-order valence-corrected chi connectivity index (χ4v) is 9.64. The van der Waals surface area contributed by atoms with Gasteiger partial charge in [-0.25, -0.2) is 9.97 Å². The van der Waals surface area contributed by atoms with Crippen molar-refractivity contribution in [1.82, 2.24) is 28.5 Å². The van der Waals surface area contributed by atoms with Gasteiger partial charge in [0.05, 0.1) is 16.3 Å². The summed E-state index contributed by atoms with van der Waals surface area (Å²) in [7, 11) is 1.32. The van der Waals surface area contributed by atoms with Gasteiger partial charge in [-0.2, -0.15) is 22.9 Å². The van der Waals surface area contributed by atoms with Crippen molar-refractivity contribution in [2.45, 2.75) is 0 Å². The van der Waals surface area contributed by atoms with E-state index in [-0.39, 0.29) is 16.5 Å². The van der Waals surface area contributed by atoms with Crippen molar-refractivity contribution in [2.75, 3.05) is 0 Å². The number of pyridine rings is 2. The van der Waals surface area contributed by atoms with Gasteiger partial charge in [0.25, 0.3) is 0 Å². The first-order valence-corrected chi connectivity index (χ1v) is 17.4. The van der Waals surface area contributed by atoms with Crippen LogP contribution in [0.1, 0.15) is 0 Å². The second kappa shape index (κ2) is 10.4. The van der Waals surface area contributed by atoms with Gasteiger partial charge in [0.2, 0.25) is 0 Å². The Labute approximate surface area is 291 Å². The fraction of sp³-hybridized carbons (Fsp3) is 0.0244. The Balaban J connectivity index is 0.00000306. The predicted octanol–water partition coefficient (Wildman–Crippen LogP) is 10.2. The van der Waals surface area contributed by atoms with E-state index in [0.29, 0.717) is 0 Å². The van der Waals surface area contributed by atoms with Crippen molar-refractivity contribution in [3.05, 3.63) is 145 Å². The number of aryl methyl sites for hydroxylation is 1. The van der Waals surface area contributed by atoms with Crippen molar-refractivity contribution < 1.29 is 16.5 Å². The van der Waals surface area contributed by atoms with Gasteiger partial charge in [0.1, 0.15) is 11.5 Å². The number of nitrogens with zero attached hydrogens (tertiary/aromatic N) is 6. The summed E-state index contributed by atoms with van der Waals surface area (Å²) in [4.78, 5) is 11.0. The van der Waals surface area contributed by atoms with Crippen LogP contribution in [0, 0.1) is 12.3 Å². The predicted molar refractivity (Wildman–Crippen MR) is 198 cm³/mol.